The smallest absolute Gasteiger partial charge is 0.224 e. The van der Waals surface area contributed by atoms with Gasteiger partial charge in [-0.3, -0.25) is 9.59 Å². The summed E-state index contributed by atoms with van der Waals surface area (Å²) in [4.78, 5) is 26.6. The Kier molecular flexibility index (Phi) is 5.78. The van der Waals surface area contributed by atoms with Crippen LogP contribution >= 0.6 is 0 Å². The van der Waals surface area contributed by atoms with Crippen molar-refractivity contribution in [2.24, 2.45) is 5.92 Å². The van der Waals surface area contributed by atoms with Crippen LogP contribution in [0.2, 0.25) is 0 Å². The summed E-state index contributed by atoms with van der Waals surface area (Å²) in [5, 5.41) is 0. The number of carbonyl (C=O) groups is 2. The Balaban J connectivity index is 1.84. The number of aromatic nitrogens is 1. The van der Waals surface area contributed by atoms with E-state index in [9.17, 15) is 14.0 Å². The van der Waals surface area contributed by atoms with Crippen molar-refractivity contribution < 1.29 is 14.0 Å². The molecule has 0 spiro atoms. The maximum absolute atomic E-state index is 13.3. The van der Waals surface area contributed by atoms with Crippen molar-refractivity contribution in [2.45, 2.75) is 46.6 Å². The van der Waals surface area contributed by atoms with Crippen molar-refractivity contribution in [1.29, 1.82) is 0 Å². The minimum Gasteiger partial charge on any atom is -0.344 e. The molecule has 1 amide bonds. The van der Waals surface area contributed by atoms with E-state index in [4.69, 9.17) is 0 Å². The number of carbonyl (C=O) groups excluding carboxylic acids is 2. The number of likely N-dealkylation sites (tertiary alicyclic amines) is 1. The van der Waals surface area contributed by atoms with Crippen LogP contribution in [0.15, 0.2) is 30.3 Å². The predicted octanol–water partition coefficient (Wildman–Crippen LogP) is 4.45. The fourth-order valence-corrected chi connectivity index (χ4v) is 3.93. The van der Waals surface area contributed by atoms with Gasteiger partial charge in [0.2, 0.25) is 5.91 Å². The highest BCUT2D eigenvalue weighted by molar-refractivity contribution is 5.96. The lowest BCUT2D eigenvalue weighted by Gasteiger charge is -2.31. The number of hydrogen-bond donors (Lipinski definition) is 0. The number of benzene rings is 1. The van der Waals surface area contributed by atoms with Crippen LogP contribution in [-0.2, 0) is 11.3 Å². The van der Waals surface area contributed by atoms with E-state index in [1.807, 2.05) is 22.5 Å². The number of nitrogens with zero attached hydrogens (tertiary/aromatic N) is 2. The van der Waals surface area contributed by atoms with E-state index in [2.05, 4.69) is 6.92 Å². The van der Waals surface area contributed by atoms with E-state index in [1.54, 1.807) is 19.1 Å². The average Bonchev–Trinajstić information content (AvgIpc) is 2.97. The number of halogens is 1. The Hall–Kier alpha value is -2.43. The quantitative estimate of drug-likeness (QED) is 0.730. The fourth-order valence-electron chi connectivity index (χ4n) is 3.93. The molecule has 0 radical (unpaired) electrons. The molecule has 1 atom stereocenters. The molecule has 1 aliphatic heterocycles. The van der Waals surface area contributed by atoms with Crippen LogP contribution in [0.5, 0.6) is 0 Å². The molecule has 1 saturated heterocycles. The van der Waals surface area contributed by atoms with Gasteiger partial charge in [0, 0.05) is 43.0 Å². The largest absolute Gasteiger partial charge is 0.344 e. The summed E-state index contributed by atoms with van der Waals surface area (Å²) >= 11 is 0. The highest BCUT2D eigenvalue weighted by Gasteiger charge is 2.22. The highest BCUT2D eigenvalue weighted by atomic mass is 19.1. The first-order valence-corrected chi connectivity index (χ1v) is 9.61. The molecule has 1 aromatic heterocycles. The Morgan fingerprint density at radius 2 is 1.93 bits per heavy atom. The average molecular weight is 370 g/mol. The molecule has 1 aliphatic rings. The van der Waals surface area contributed by atoms with Gasteiger partial charge >= 0.3 is 0 Å². The van der Waals surface area contributed by atoms with Crippen molar-refractivity contribution in [3.63, 3.8) is 0 Å². The molecule has 2 heterocycles. The molecule has 0 aliphatic carbocycles. The van der Waals surface area contributed by atoms with Crippen molar-refractivity contribution in [3.8, 4) is 11.3 Å². The monoisotopic (exact) mass is 370 g/mol. The molecule has 27 heavy (non-hydrogen) atoms. The van der Waals surface area contributed by atoms with E-state index in [0.29, 0.717) is 24.4 Å². The summed E-state index contributed by atoms with van der Waals surface area (Å²) in [7, 11) is 0. The fraction of sp³-hybridized carbons (Fsp3) is 0.455. The van der Waals surface area contributed by atoms with Gasteiger partial charge in [0.15, 0.2) is 5.78 Å². The third-order valence-corrected chi connectivity index (χ3v) is 5.44. The molecule has 4 nitrogen and oxygen atoms in total. The standard InChI is InChI=1S/C22H27FN2O2/c1-15-5-4-11-24(14-15)22(27)10-12-25-16(2)20(17(3)26)13-21(25)18-6-8-19(23)9-7-18/h6-9,13,15H,4-5,10-12,14H2,1-3H3/t15-/m1/s1. The predicted molar refractivity (Wildman–Crippen MR) is 104 cm³/mol. The molecule has 144 valence electrons. The molecule has 5 heteroatoms. The maximum atomic E-state index is 13.3. The summed E-state index contributed by atoms with van der Waals surface area (Å²) < 4.78 is 15.3. The van der Waals surface area contributed by atoms with E-state index in [0.717, 1.165) is 36.5 Å². The van der Waals surface area contributed by atoms with Crippen LogP contribution in [-0.4, -0.2) is 34.2 Å². The van der Waals surface area contributed by atoms with Crippen LogP contribution in [0.25, 0.3) is 11.3 Å². The molecule has 1 aromatic carbocycles. The maximum Gasteiger partial charge on any atom is 0.224 e. The van der Waals surface area contributed by atoms with Gasteiger partial charge in [0.05, 0.1) is 0 Å². The summed E-state index contributed by atoms with van der Waals surface area (Å²) in [5.74, 6) is 0.403. The molecule has 0 bridgehead atoms. The lowest BCUT2D eigenvalue weighted by atomic mass is 10.00. The summed E-state index contributed by atoms with van der Waals surface area (Å²) in [6.07, 6.45) is 2.63. The Morgan fingerprint density at radius 1 is 1.22 bits per heavy atom. The van der Waals surface area contributed by atoms with Gasteiger partial charge in [0.25, 0.3) is 0 Å². The Morgan fingerprint density at radius 3 is 2.56 bits per heavy atom. The van der Waals surface area contributed by atoms with Crippen molar-refractivity contribution in [1.82, 2.24) is 9.47 Å². The molecule has 0 saturated carbocycles. The highest BCUT2D eigenvalue weighted by Crippen LogP contribution is 2.27. The Labute approximate surface area is 160 Å². The van der Waals surface area contributed by atoms with Crippen LogP contribution in [0.4, 0.5) is 4.39 Å². The first-order valence-electron chi connectivity index (χ1n) is 9.61. The van der Waals surface area contributed by atoms with Gasteiger partial charge in [-0.15, -0.1) is 0 Å². The third-order valence-electron chi connectivity index (χ3n) is 5.44. The number of hydrogen-bond acceptors (Lipinski definition) is 2. The molecular formula is C22H27FN2O2. The van der Waals surface area contributed by atoms with Crippen molar-refractivity contribution in [3.05, 3.63) is 47.4 Å². The molecule has 2 aromatic rings. The number of rotatable bonds is 5. The molecular weight excluding hydrogens is 343 g/mol. The number of ketones is 1. The minimum absolute atomic E-state index is 0.00852. The first-order chi connectivity index (χ1) is 12.9. The van der Waals surface area contributed by atoms with Crippen LogP contribution in [0.3, 0.4) is 0 Å². The molecule has 1 fully saturated rings. The van der Waals surface area contributed by atoms with E-state index in [1.165, 1.54) is 18.6 Å². The number of amides is 1. The summed E-state index contributed by atoms with van der Waals surface area (Å²) in [6, 6.07) is 8.08. The third kappa shape index (κ3) is 4.29. The zero-order valence-electron chi connectivity index (χ0n) is 16.3. The van der Waals surface area contributed by atoms with Gasteiger partial charge in [0.1, 0.15) is 5.82 Å². The zero-order chi connectivity index (χ0) is 19.6. The second-order valence-electron chi connectivity index (χ2n) is 7.58. The molecule has 0 unspecified atom stereocenters. The van der Waals surface area contributed by atoms with Gasteiger partial charge in [-0.25, -0.2) is 4.39 Å². The van der Waals surface area contributed by atoms with Crippen LogP contribution < -0.4 is 0 Å². The molecule has 0 N–H and O–H groups in total. The Bertz CT molecular complexity index is 839. The van der Waals surface area contributed by atoms with Crippen molar-refractivity contribution in [2.75, 3.05) is 13.1 Å². The van der Waals surface area contributed by atoms with E-state index < -0.39 is 0 Å². The number of piperidine rings is 1. The second kappa shape index (κ2) is 8.07. The van der Waals surface area contributed by atoms with Crippen LogP contribution in [0, 0.1) is 18.7 Å². The topological polar surface area (TPSA) is 42.3 Å². The van der Waals surface area contributed by atoms with Gasteiger partial charge in [-0.2, -0.15) is 0 Å². The summed E-state index contributed by atoms with van der Waals surface area (Å²) in [6.45, 7) is 7.79. The SMILES string of the molecule is CC(=O)c1cc(-c2ccc(F)cc2)n(CCC(=O)N2CCC[C@@H](C)C2)c1C. The zero-order valence-corrected chi connectivity index (χ0v) is 16.3. The minimum atomic E-state index is -0.297. The van der Waals surface area contributed by atoms with Crippen molar-refractivity contribution >= 4 is 11.7 Å². The molecule has 3 rings (SSSR count). The van der Waals surface area contributed by atoms with Gasteiger partial charge < -0.3 is 9.47 Å². The summed E-state index contributed by atoms with van der Waals surface area (Å²) in [5.41, 5.74) is 3.18. The van der Waals surface area contributed by atoms with E-state index >= 15 is 0 Å². The second-order valence-corrected chi connectivity index (χ2v) is 7.58. The number of Topliss-reactive ketones (excluding diaryl/α,β-unsaturated/α-hetero) is 1. The van der Waals surface area contributed by atoms with Gasteiger partial charge in [-0.05, 0) is 68.5 Å². The lowest BCUT2D eigenvalue weighted by Crippen LogP contribution is -2.39. The lowest BCUT2D eigenvalue weighted by molar-refractivity contribution is -0.133. The van der Waals surface area contributed by atoms with Gasteiger partial charge in [-0.1, -0.05) is 6.92 Å². The van der Waals surface area contributed by atoms with E-state index in [-0.39, 0.29) is 17.5 Å². The first kappa shape index (κ1) is 19.3. The van der Waals surface area contributed by atoms with Crippen LogP contribution in [0.1, 0.15) is 49.2 Å². The normalized spacial score (nSPS) is 17.2.